The predicted molar refractivity (Wildman–Crippen MR) is 65.5 cm³/mol. The smallest absolute Gasteiger partial charge is 0.334 e. The van der Waals surface area contributed by atoms with Gasteiger partial charge in [-0.3, -0.25) is 0 Å². The average Bonchev–Trinajstić information content (AvgIpc) is 2.73. The van der Waals surface area contributed by atoms with Gasteiger partial charge < -0.3 is 20.5 Å². The zero-order chi connectivity index (χ0) is 13.5. The van der Waals surface area contributed by atoms with Crippen molar-refractivity contribution in [1.29, 1.82) is 0 Å². The summed E-state index contributed by atoms with van der Waals surface area (Å²) >= 11 is 1.49. The van der Waals surface area contributed by atoms with Gasteiger partial charge in [-0.15, -0.1) is 11.3 Å². The van der Waals surface area contributed by atoms with E-state index in [-0.39, 0.29) is 6.54 Å². The number of carboxylic acid groups (broad SMARTS) is 1. The molecule has 1 aromatic heterocycles. The molecule has 0 aliphatic rings. The molecule has 18 heavy (non-hydrogen) atoms. The van der Waals surface area contributed by atoms with Gasteiger partial charge in [-0.1, -0.05) is 0 Å². The first-order chi connectivity index (χ1) is 8.52. The van der Waals surface area contributed by atoms with Crippen molar-refractivity contribution < 1.29 is 19.4 Å². The lowest BCUT2D eigenvalue weighted by atomic mass is 10.3. The molecule has 2 amide bonds. The van der Waals surface area contributed by atoms with Crippen LogP contribution in [0.1, 0.15) is 9.88 Å². The first-order valence-corrected chi connectivity index (χ1v) is 6.03. The van der Waals surface area contributed by atoms with Gasteiger partial charge in [0, 0.05) is 18.2 Å². The van der Waals surface area contributed by atoms with Crippen LogP contribution in [-0.4, -0.2) is 41.8 Å². The Bertz CT molecular complexity index is 421. The van der Waals surface area contributed by atoms with Gasteiger partial charge in [0.25, 0.3) is 0 Å². The van der Waals surface area contributed by atoms with E-state index in [1.165, 1.54) is 18.4 Å². The standard InChI is InChI=1S/C10H15N3O4S/c1-6-11-3-7(18-6)4-12-10(16)13-5-8(17-2)9(14)15/h3,8H,4-5H2,1-2H3,(H,14,15)(H2,12,13,16). The molecule has 0 fully saturated rings. The SMILES string of the molecule is COC(CNC(=O)NCc1cnc(C)s1)C(=O)O. The number of amides is 2. The van der Waals surface area contributed by atoms with Crippen LogP contribution in [0.4, 0.5) is 4.79 Å². The number of ether oxygens (including phenoxy) is 1. The van der Waals surface area contributed by atoms with Crippen molar-refractivity contribution in [3.8, 4) is 0 Å². The van der Waals surface area contributed by atoms with Crippen LogP contribution in [0.15, 0.2) is 6.20 Å². The Morgan fingerprint density at radius 2 is 2.28 bits per heavy atom. The third-order valence-corrected chi connectivity index (χ3v) is 3.01. The molecule has 0 aliphatic heterocycles. The number of carboxylic acids is 1. The van der Waals surface area contributed by atoms with Crippen molar-refractivity contribution in [3.63, 3.8) is 0 Å². The number of nitrogens with one attached hydrogen (secondary N) is 2. The number of aryl methyl sites for hydroxylation is 1. The number of methoxy groups -OCH3 is 1. The van der Waals surface area contributed by atoms with E-state index >= 15 is 0 Å². The summed E-state index contributed by atoms with van der Waals surface area (Å²) in [5.41, 5.74) is 0. The molecule has 0 aromatic carbocycles. The molecule has 0 saturated heterocycles. The predicted octanol–water partition coefficient (Wildman–Crippen LogP) is 0.350. The lowest BCUT2D eigenvalue weighted by Crippen LogP contribution is -2.42. The summed E-state index contributed by atoms with van der Waals surface area (Å²) in [4.78, 5) is 27.0. The van der Waals surface area contributed by atoms with Crippen LogP contribution in [0.2, 0.25) is 0 Å². The van der Waals surface area contributed by atoms with Crippen molar-refractivity contribution in [2.75, 3.05) is 13.7 Å². The average molecular weight is 273 g/mol. The first-order valence-electron chi connectivity index (χ1n) is 5.21. The van der Waals surface area contributed by atoms with Crippen LogP contribution in [0.25, 0.3) is 0 Å². The lowest BCUT2D eigenvalue weighted by molar-refractivity contribution is -0.147. The fourth-order valence-corrected chi connectivity index (χ4v) is 1.91. The van der Waals surface area contributed by atoms with Crippen LogP contribution in [0.5, 0.6) is 0 Å². The maximum atomic E-state index is 11.4. The molecular weight excluding hydrogens is 258 g/mol. The minimum atomic E-state index is -1.11. The van der Waals surface area contributed by atoms with E-state index in [0.29, 0.717) is 6.54 Å². The van der Waals surface area contributed by atoms with E-state index in [0.717, 1.165) is 9.88 Å². The molecule has 0 aliphatic carbocycles. The molecule has 100 valence electrons. The van der Waals surface area contributed by atoms with Crippen molar-refractivity contribution >= 4 is 23.3 Å². The molecule has 7 nitrogen and oxygen atoms in total. The Balaban J connectivity index is 2.27. The summed E-state index contributed by atoms with van der Waals surface area (Å²) in [5, 5.41) is 14.6. The van der Waals surface area contributed by atoms with Crippen LogP contribution in [-0.2, 0) is 16.1 Å². The maximum absolute atomic E-state index is 11.4. The highest BCUT2D eigenvalue weighted by Crippen LogP contribution is 2.10. The van der Waals surface area contributed by atoms with Gasteiger partial charge >= 0.3 is 12.0 Å². The molecule has 0 spiro atoms. The molecule has 0 bridgehead atoms. The van der Waals surface area contributed by atoms with Crippen molar-refractivity contribution in [1.82, 2.24) is 15.6 Å². The van der Waals surface area contributed by atoms with Crippen LogP contribution in [0, 0.1) is 6.92 Å². The molecule has 1 unspecified atom stereocenters. The second kappa shape index (κ2) is 6.92. The Morgan fingerprint density at radius 1 is 1.56 bits per heavy atom. The summed E-state index contributed by atoms with van der Waals surface area (Å²) in [7, 11) is 1.28. The zero-order valence-corrected chi connectivity index (χ0v) is 10.9. The first kappa shape index (κ1) is 14.4. The lowest BCUT2D eigenvalue weighted by Gasteiger charge is -2.11. The highest BCUT2D eigenvalue weighted by Gasteiger charge is 2.16. The Hall–Kier alpha value is -1.67. The van der Waals surface area contributed by atoms with E-state index in [1.54, 1.807) is 6.20 Å². The zero-order valence-electron chi connectivity index (χ0n) is 10.1. The second-order valence-electron chi connectivity index (χ2n) is 3.47. The number of hydrogen-bond donors (Lipinski definition) is 3. The Kier molecular flexibility index (Phi) is 5.53. The van der Waals surface area contributed by atoms with Gasteiger partial charge in [0.2, 0.25) is 0 Å². The van der Waals surface area contributed by atoms with E-state index < -0.39 is 18.1 Å². The minimum Gasteiger partial charge on any atom is -0.479 e. The number of thiazole rings is 1. The number of aliphatic carboxylic acids is 1. The Morgan fingerprint density at radius 3 is 2.78 bits per heavy atom. The van der Waals surface area contributed by atoms with Crippen molar-refractivity contribution in [2.24, 2.45) is 0 Å². The molecule has 1 aromatic rings. The van der Waals surface area contributed by atoms with Gasteiger partial charge in [-0.25, -0.2) is 14.6 Å². The number of rotatable bonds is 6. The minimum absolute atomic E-state index is 0.0839. The fraction of sp³-hybridized carbons (Fsp3) is 0.500. The number of nitrogens with zero attached hydrogens (tertiary/aromatic N) is 1. The number of carbonyl (C=O) groups is 2. The summed E-state index contributed by atoms with van der Waals surface area (Å²) in [6.07, 6.45) is 0.650. The highest BCUT2D eigenvalue weighted by atomic mass is 32.1. The second-order valence-corrected chi connectivity index (χ2v) is 4.79. The molecule has 8 heteroatoms. The quantitative estimate of drug-likeness (QED) is 0.694. The Labute approximate surface area is 108 Å². The molecule has 1 atom stereocenters. The van der Waals surface area contributed by atoms with Crippen LogP contribution in [0.3, 0.4) is 0 Å². The molecule has 0 saturated carbocycles. The third kappa shape index (κ3) is 4.68. The third-order valence-electron chi connectivity index (χ3n) is 2.10. The summed E-state index contributed by atoms with van der Waals surface area (Å²) in [6, 6.07) is -0.440. The van der Waals surface area contributed by atoms with Gasteiger partial charge in [0.1, 0.15) is 0 Å². The van der Waals surface area contributed by atoms with Gasteiger partial charge in [0.05, 0.1) is 18.1 Å². The van der Waals surface area contributed by atoms with E-state index in [9.17, 15) is 9.59 Å². The summed E-state index contributed by atoms with van der Waals surface area (Å²) in [5.74, 6) is -1.11. The van der Waals surface area contributed by atoms with Crippen molar-refractivity contribution in [3.05, 3.63) is 16.1 Å². The van der Waals surface area contributed by atoms with E-state index in [1.807, 2.05) is 6.92 Å². The molecular formula is C10H15N3O4S. The van der Waals surface area contributed by atoms with E-state index in [2.05, 4.69) is 20.4 Å². The molecule has 1 rings (SSSR count). The summed E-state index contributed by atoms with van der Waals surface area (Å²) in [6.45, 7) is 2.16. The largest absolute Gasteiger partial charge is 0.479 e. The molecule has 0 radical (unpaired) electrons. The number of carbonyl (C=O) groups excluding carboxylic acids is 1. The van der Waals surface area contributed by atoms with Crippen LogP contribution >= 0.6 is 11.3 Å². The van der Waals surface area contributed by atoms with Crippen molar-refractivity contribution in [2.45, 2.75) is 19.6 Å². The highest BCUT2D eigenvalue weighted by molar-refractivity contribution is 7.11. The van der Waals surface area contributed by atoms with E-state index in [4.69, 9.17) is 5.11 Å². The molecule has 1 heterocycles. The topological polar surface area (TPSA) is 101 Å². The van der Waals surface area contributed by atoms with Gasteiger partial charge in [-0.05, 0) is 6.92 Å². The van der Waals surface area contributed by atoms with Gasteiger partial charge in [0.15, 0.2) is 6.10 Å². The maximum Gasteiger partial charge on any atom is 0.334 e. The van der Waals surface area contributed by atoms with Crippen LogP contribution < -0.4 is 10.6 Å². The normalized spacial score (nSPS) is 11.9. The van der Waals surface area contributed by atoms with Gasteiger partial charge in [-0.2, -0.15) is 0 Å². The molecule has 3 N–H and O–H groups in total. The number of hydrogen-bond acceptors (Lipinski definition) is 5. The fourth-order valence-electron chi connectivity index (χ4n) is 1.17. The summed E-state index contributed by atoms with van der Waals surface area (Å²) < 4.78 is 4.68. The number of urea groups is 1. The monoisotopic (exact) mass is 273 g/mol. The number of aromatic nitrogens is 1.